The van der Waals surface area contributed by atoms with E-state index < -0.39 is 139 Å². The summed E-state index contributed by atoms with van der Waals surface area (Å²) >= 11 is 0. The van der Waals surface area contributed by atoms with Gasteiger partial charge in [-0.2, -0.15) is 0 Å². The van der Waals surface area contributed by atoms with Gasteiger partial charge in [0.2, 0.25) is 53.2 Å². The number of aliphatic hydroxyl groups is 2. The van der Waals surface area contributed by atoms with E-state index in [-0.39, 0.29) is 57.8 Å². The van der Waals surface area contributed by atoms with E-state index in [2.05, 4.69) is 52.2 Å². The molecule has 29 nitrogen and oxygen atoms in total. The number of guanidine groups is 1. The maximum atomic E-state index is 14.2. The lowest BCUT2D eigenvalue weighted by Crippen LogP contribution is -2.62. The predicted molar refractivity (Wildman–Crippen MR) is 288 cm³/mol. The number of imidazole rings is 1. The standard InChI is InChI=1S/C50H82N16O13/c1-7-20-66(26-39(71)72)49(79)40(28(3)8-2)62-37(69)25-65(21-18-51)38(70)24-57-47(77)41(30(5)67)64-48(78)42(31(6)68)63-46(76)36(22-33-23-55-27-58-33)61-45(75)35(17-16-32-13-10-9-11-14-32)60-43(73)29(4)59-44(74)34(52)15-12-19-56-50(53)54/h9-11,13-14,23,27-31,34-36,40-42,67-68H,7-8,12,15-22,24-26,51-52H2,1-6H3,(H,55,58)(H,57,77)(H,59,74)(H,60,73)(H,61,75)(H,62,69)(H,63,76)(H,64,78)(H,71,72)(H4,53,54,56)/t28?,29-,30+,31+,34-,35-,36-,40-,41-,42-/m0/s1. The Balaban J connectivity index is 2.28. The zero-order valence-corrected chi connectivity index (χ0v) is 45.7. The van der Waals surface area contributed by atoms with E-state index >= 15 is 0 Å². The molecule has 0 saturated heterocycles. The summed E-state index contributed by atoms with van der Waals surface area (Å²) in [7, 11) is 0. The van der Waals surface area contributed by atoms with Gasteiger partial charge in [0.05, 0.1) is 37.7 Å². The lowest BCUT2D eigenvalue weighted by molar-refractivity contribution is -0.147. The summed E-state index contributed by atoms with van der Waals surface area (Å²) in [5.41, 5.74) is 23.6. The Morgan fingerprint density at radius 2 is 1.34 bits per heavy atom. The molecule has 0 aliphatic heterocycles. The van der Waals surface area contributed by atoms with Gasteiger partial charge in [0.25, 0.3) is 0 Å². The van der Waals surface area contributed by atoms with E-state index in [0.29, 0.717) is 25.0 Å². The number of carbonyl (C=O) groups is 10. The highest BCUT2D eigenvalue weighted by Crippen LogP contribution is 2.13. The van der Waals surface area contributed by atoms with Crippen molar-refractivity contribution in [2.45, 2.75) is 141 Å². The first kappa shape index (κ1) is 67.3. The lowest BCUT2D eigenvalue weighted by atomic mass is 9.97. The summed E-state index contributed by atoms with van der Waals surface area (Å²) in [6, 6.07) is -0.783. The molecule has 0 spiro atoms. The molecule has 1 aromatic heterocycles. The fourth-order valence-corrected chi connectivity index (χ4v) is 7.77. The van der Waals surface area contributed by atoms with Gasteiger partial charge in [0, 0.05) is 44.5 Å². The van der Waals surface area contributed by atoms with Crippen molar-refractivity contribution >= 4 is 65.1 Å². The van der Waals surface area contributed by atoms with Crippen LogP contribution in [-0.4, -0.2) is 200 Å². The molecule has 2 aromatic rings. The second kappa shape index (κ2) is 34.9. The van der Waals surface area contributed by atoms with Crippen molar-refractivity contribution in [3.8, 4) is 0 Å². The van der Waals surface area contributed by atoms with Crippen LogP contribution in [0.1, 0.15) is 84.9 Å². The van der Waals surface area contributed by atoms with Gasteiger partial charge in [-0.05, 0) is 64.4 Å². The van der Waals surface area contributed by atoms with Gasteiger partial charge < -0.3 is 90.3 Å². The van der Waals surface area contributed by atoms with Gasteiger partial charge in [-0.1, -0.05) is 57.5 Å². The van der Waals surface area contributed by atoms with Crippen LogP contribution in [-0.2, 0) is 60.8 Å². The van der Waals surface area contributed by atoms with Gasteiger partial charge in [0.15, 0.2) is 5.96 Å². The minimum Gasteiger partial charge on any atom is -0.480 e. The van der Waals surface area contributed by atoms with E-state index in [1.807, 2.05) is 12.1 Å². The van der Waals surface area contributed by atoms with Crippen molar-refractivity contribution in [1.29, 1.82) is 0 Å². The first-order valence-corrected chi connectivity index (χ1v) is 26.1. The summed E-state index contributed by atoms with van der Waals surface area (Å²) in [6.45, 7) is 7.00. The Hall–Kier alpha value is -7.76. The highest BCUT2D eigenvalue weighted by atomic mass is 16.4. The maximum Gasteiger partial charge on any atom is 0.323 e. The molecule has 10 atom stereocenters. The molecule has 19 N–H and O–H groups in total. The third kappa shape index (κ3) is 24.2. The molecule has 1 aromatic carbocycles. The number of carboxylic acids is 1. The van der Waals surface area contributed by atoms with Crippen molar-refractivity contribution in [1.82, 2.24) is 57.0 Å². The zero-order chi connectivity index (χ0) is 59.4. The van der Waals surface area contributed by atoms with Crippen LogP contribution in [0.25, 0.3) is 0 Å². The fraction of sp³-hybridized carbons (Fsp3) is 0.600. The molecule has 0 radical (unpaired) electrons. The summed E-state index contributed by atoms with van der Waals surface area (Å²) in [5, 5.41) is 48.2. The van der Waals surface area contributed by atoms with Crippen molar-refractivity contribution in [3.63, 3.8) is 0 Å². The Bertz CT molecular complexity index is 2340. The van der Waals surface area contributed by atoms with Crippen LogP contribution in [0.5, 0.6) is 0 Å². The predicted octanol–water partition coefficient (Wildman–Crippen LogP) is -5.07. The quantitative estimate of drug-likeness (QED) is 0.0172. The van der Waals surface area contributed by atoms with Crippen molar-refractivity contribution in [3.05, 3.63) is 54.1 Å². The summed E-state index contributed by atoms with van der Waals surface area (Å²) in [4.78, 5) is 147. The molecule has 0 aliphatic carbocycles. The third-order valence-corrected chi connectivity index (χ3v) is 12.4. The first-order chi connectivity index (χ1) is 37.3. The molecule has 0 fully saturated rings. The molecule has 1 unspecified atom stereocenters. The fourth-order valence-electron chi connectivity index (χ4n) is 7.77. The van der Waals surface area contributed by atoms with Crippen LogP contribution in [0.3, 0.4) is 0 Å². The van der Waals surface area contributed by atoms with Crippen molar-refractivity contribution in [2.75, 3.05) is 45.8 Å². The van der Waals surface area contributed by atoms with E-state index in [1.165, 1.54) is 19.4 Å². The molecule has 9 amide bonds. The van der Waals surface area contributed by atoms with Crippen LogP contribution < -0.4 is 60.2 Å². The lowest BCUT2D eigenvalue weighted by Gasteiger charge is -2.30. The number of amides is 9. The Kier molecular flexibility index (Phi) is 29.7. The number of carbonyl (C=O) groups excluding carboxylic acids is 9. The SMILES string of the molecule is CCCN(CC(=O)O)C(=O)[C@@H](NC(=O)CN(CCN)C(=O)CNC(=O)[C@@H](NC(=O)[C@@H](NC(=O)[C@H](Cc1cnc[nH]1)NC(=O)[C@H](CCc1ccccc1)NC(=O)[C@H](C)NC(=O)[C@@H](N)CCCN=C(N)N)[C@@H](C)O)[C@@H](C)O)C(C)CC. The molecule has 2 rings (SSSR count). The smallest absolute Gasteiger partial charge is 0.323 e. The number of hydrogen-bond donors (Lipinski definition) is 15. The Labute approximate surface area is 459 Å². The normalized spacial score (nSPS) is 14.8. The van der Waals surface area contributed by atoms with Gasteiger partial charge >= 0.3 is 5.97 Å². The van der Waals surface area contributed by atoms with Gasteiger partial charge in [-0.15, -0.1) is 0 Å². The number of rotatable bonds is 36. The molecular formula is C50H82N16O13. The number of aliphatic carboxylic acids is 1. The summed E-state index contributed by atoms with van der Waals surface area (Å²) < 4.78 is 0. The number of nitrogens with one attached hydrogen (secondary N) is 8. The molecule has 440 valence electrons. The van der Waals surface area contributed by atoms with Gasteiger partial charge in [0.1, 0.15) is 42.8 Å². The number of benzene rings is 1. The third-order valence-electron chi connectivity index (χ3n) is 12.4. The molecule has 1 heterocycles. The summed E-state index contributed by atoms with van der Waals surface area (Å²) in [5.74, 6) is -9.54. The van der Waals surface area contributed by atoms with Gasteiger partial charge in [-0.3, -0.25) is 52.9 Å². The van der Waals surface area contributed by atoms with E-state index in [1.54, 1.807) is 39.0 Å². The molecule has 29 heteroatoms. The average Bonchev–Trinajstić information content (AvgIpc) is 3.93. The van der Waals surface area contributed by atoms with Crippen molar-refractivity contribution < 1.29 is 63.3 Å². The number of hydrogen-bond acceptors (Lipinski definition) is 16. The highest BCUT2D eigenvalue weighted by molar-refractivity contribution is 5.98. The second-order valence-electron chi connectivity index (χ2n) is 19.1. The molecule has 0 bridgehead atoms. The average molecular weight is 1120 g/mol. The highest BCUT2D eigenvalue weighted by Gasteiger charge is 2.36. The Morgan fingerprint density at radius 3 is 1.91 bits per heavy atom. The number of aliphatic imine (C=N–C) groups is 1. The van der Waals surface area contributed by atoms with Crippen molar-refractivity contribution in [2.24, 2.45) is 33.8 Å². The largest absolute Gasteiger partial charge is 0.480 e. The second-order valence-corrected chi connectivity index (χ2v) is 19.1. The first-order valence-electron chi connectivity index (χ1n) is 26.1. The van der Waals surface area contributed by atoms with Crippen LogP contribution in [0.4, 0.5) is 0 Å². The van der Waals surface area contributed by atoms with E-state index in [4.69, 9.17) is 22.9 Å². The zero-order valence-electron chi connectivity index (χ0n) is 45.7. The molecule has 0 saturated carbocycles. The maximum absolute atomic E-state index is 14.2. The number of nitrogens with zero attached hydrogens (tertiary/aromatic N) is 4. The van der Waals surface area contributed by atoms with E-state index in [9.17, 15) is 63.3 Å². The van der Waals surface area contributed by atoms with Crippen LogP contribution in [0.15, 0.2) is 47.8 Å². The minimum absolute atomic E-state index is 0.00907. The van der Waals surface area contributed by atoms with E-state index in [0.717, 1.165) is 29.2 Å². The number of aryl methyl sites for hydroxylation is 1. The van der Waals surface area contributed by atoms with Crippen LogP contribution in [0.2, 0.25) is 0 Å². The number of H-pyrrole nitrogens is 1. The van der Waals surface area contributed by atoms with Crippen LogP contribution in [0, 0.1) is 5.92 Å². The number of aromatic amines is 1. The molecule has 0 aliphatic rings. The molecular weight excluding hydrogens is 1030 g/mol. The monoisotopic (exact) mass is 1110 g/mol. The number of aliphatic hydroxyl groups excluding tert-OH is 2. The number of nitrogens with two attached hydrogens (primary N) is 4. The summed E-state index contributed by atoms with van der Waals surface area (Å²) in [6.07, 6.45) is 0.880. The molecule has 79 heavy (non-hydrogen) atoms. The number of carboxylic acid groups (broad SMARTS) is 1. The topological polar surface area (TPSA) is 467 Å². The number of aromatic nitrogens is 2. The minimum atomic E-state index is -1.83. The van der Waals surface area contributed by atoms with Crippen LogP contribution >= 0.6 is 0 Å². The van der Waals surface area contributed by atoms with Gasteiger partial charge in [-0.25, -0.2) is 4.98 Å². The Morgan fingerprint density at radius 1 is 0.722 bits per heavy atom.